The predicted molar refractivity (Wildman–Crippen MR) is 108 cm³/mol. The zero-order chi connectivity index (χ0) is 19.6. The molecule has 1 unspecified atom stereocenters. The minimum atomic E-state index is -0.178. The van der Waals surface area contributed by atoms with Crippen molar-refractivity contribution in [3.8, 4) is 0 Å². The van der Waals surface area contributed by atoms with Crippen LogP contribution < -0.4 is 5.32 Å². The average Bonchev–Trinajstić information content (AvgIpc) is 3.34. The Labute approximate surface area is 168 Å². The topological polar surface area (TPSA) is 96.0 Å². The van der Waals surface area contributed by atoms with E-state index in [-0.39, 0.29) is 18.2 Å². The second kappa shape index (κ2) is 7.69. The number of imidazole rings is 1. The van der Waals surface area contributed by atoms with Crippen molar-refractivity contribution in [2.75, 3.05) is 11.9 Å². The first-order chi connectivity index (χ1) is 14.3. The van der Waals surface area contributed by atoms with Crippen molar-refractivity contribution in [2.45, 2.75) is 44.4 Å². The fourth-order valence-corrected chi connectivity index (χ4v) is 4.69. The number of hydrogen-bond donors (Lipinski definition) is 2. The van der Waals surface area contributed by atoms with E-state index in [0.29, 0.717) is 18.2 Å². The Morgan fingerprint density at radius 2 is 1.93 bits per heavy atom. The number of H-pyrrole nitrogens is 1. The highest BCUT2D eigenvalue weighted by atomic mass is 16.6. The van der Waals surface area contributed by atoms with E-state index in [4.69, 9.17) is 4.74 Å². The monoisotopic (exact) mass is 392 g/mol. The van der Waals surface area contributed by atoms with Gasteiger partial charge in [0.15, 0.2) is 11.5 Å². The Kier molecular flexibility index (Phi) is 4.75. The molecular formula is C21H24N6O2. The third-order valence-corrected chi connectivity index (χ3v) is 6.03. The number of fused-ring (bicyclic) bond motifs is 3. The Morgan fingerprint density at radius 1 is 1.14 bits per heavy atom. The van der Waals surface area contributed by atoms with Crippen LogP contribution in [0.3, 0.4) is 0 Å². The average molecular weight is 392 g/mol. The van der Waals surface area contributed by atoms with Gasteiger partial charge < -0.3 is 19.9 Å². The highest BCUT2D eigenvalue weighted by Crippen LogP contribution is 2.39. The summed E-state index contributed by atoms with van der Waals surface area (Å²) in [5.41, 5.74) is 2.51. The van der Waals surface area contributed by atoms with E-state index >= 15 is 0 Å². The molecule has 29 heavy (non-hydrogen) atoms. The molecule has 2 bridgehead atoms. The van der Waals surface area contributed by atoms with Crippen LogP contribution in [-0.4, -0.2) is 49.6 Å². The zero-order valence-corrected chi connectivity index (χ0v) is 16.1. The summed E-state index contributed by atoms with van der Waals surface area (Å²) < 4.78 is 5.60. The van der Waals surface area contributed by atoms with Crippen LogP contribution in [0.25, 0.3) is 11.2 Å². The predicted octanol–water partition coefficient (Wildman–Crippen LogP) is 3.34. The first kappa shape index (κ1) is 17.9. The van der Waals surface area contributed by atoms with Crippen molar-refractivity contribution < 1.29 is 9.53 Å². The number of nitrogens with one attached hydrogen (secondary N) is 2. The Balaban J connectivity index is 1.18. The second-order valence-electron chi connectivity index (χ2n) is 7.87. The smallest absolute Gasteiger partial charge is 0.410 e. The third kappa shape index (κ3) is 3.62. The van der Waals surface area contributed by atoms with Crippen molar-refractivity contribution >= 4 is 23.1 Å². The first-order valence-corrected chi connectivity index (χ1v) is 10.1. The number of piperidine rings is 1. The Bertz CT molecular complexity index is 977. The molecule has 3 aromatic rings. The molecule has 3 atom stereocenters. The highest BCUT2D eigenvalue weighted by molar-refractivity contribution is 5.81. The lowest BCUT2D eigenvalue weighted by Gasteiger charge is -2.38. The number of nitrogens with zero attached hydrogens (tertiary/aromatic N) is 4. The molecule has 2 saturated heterocycles. The molecule has 0 aliphatic carbocycles. The summed E-state index contributed by atoms with van der Waals surface area (Å²) in [4.78, 5) is 30.4. The van der Waals surface area contributed by atoms with Gasteiger partial charge in [-0.05, 0) is 37.2 Å². The summed E-state index contributed by atoms with van der Waals surface area (Å²) in [6.07, 6.45) is 7.06. The molecule has 2 aliphatic rings. The van der Waals surface area contributed by atoms with E-state index in [1.54, 1.807) is 6.33 Å². The molecule has 8 nitrogen and oxygen atoms in total. The normalized spacial score (nSPS) is 23.3. The van der Waals surface area contributed by atoms with Crippen LogP contribution in [-0.2, 0) is 11.3 Å². The molecule has 150 valence electrons. The summed E-state index contributed by atoms with van der Waals surface area (Å²) in [5, 5.41) is 3.45. The molecule has 0 spiro atoms. The molecule has 8 heteroatoms. The van der Waals surface area contributed by atoms with Gasteiger partial charge in [-0.15, -0.1) is 0 Å². The molecule has 2 aliphatic heterocycles. The van der Waals surface area contributed by atoms with Crippen LogP contribution in [0.4, 0.5) is 10.6 Å². The van der Waals surface area contributed by atoms with Crippen LogP contribution in [0.15, 0.2) is 43.0 Å². The van der Waals surface area contributed by atoms with Gasteiger partial charge in [-0.1, -0.05) is 30.3 Å². The fourth-order valence-electron chi connectivity index (χ4n) is 4.69. The summed E-state index contributed by atoms with van der Waals surface area (Å²) in [6, 6.07) is 10.4. The number of rotatable bonds is 5. The number of amides is 1. The van der Waals surface area contributed by atoms with E-state index in [1.807, 2.05) is 35.2 Å². The molecule has 2 N–H and O–H groups in total. The van der Waals surface area contributed by atoms with Gasteiger partial charge in [0.25, 0.3) is 0 Å². The Hall–Kier alpha value is -3.16. The quantitative estimate of drug-likeness (QED) is 0.691. The van der Waals surface area contributed by atoms with Crippen molar-refractivity contribution in [2.24, 2.45) is 5.92 Å². The molecule has 0 saturated carbocycles. The largest absolute Gasteiger partial charge is 0.445 e. The maximum Gasteiger partial charge on any atom is 0.410 e. The van der Waals surface area contributed by atoms with Crippen LogP contribution in [0, 0.1) is 5.92 Å². The summed E-state index contributed by atoms with van der Waals surface area (Å²) in [7, 11) is 0. The number of hydrogen-bond acceptors (Lipinski definition) is 6. The van der Waals surface area contributed by atoms with Crippen molar-refractivity contribution in [1.29, 1.82) is 0 Å². The second-order valence-corrected chi connectivity index (χ2v) is 7.87. The first-order valence-electron chi connectivity index (χ1n) is 10.1. The maximum atomic E-state index is 12.7. The van der Waals surface area contributed by atoms with Crippen LogP contribution >= 0.6 is 0 Å². The van der Waals surface area contributed by atoms with Crippen molar-refractivity contribution in [3.05, 3.63) is 48.5 Å². The molecule has 1 amide bonds. The van der Waals surface area contributed by atoms with E-state index in [2.05, 4.69) is 25.3 Å². The minimum absolute atomic E-state index is 0.178. The highest BCUT2D eigenvalue weighted by Gasteiger charge is 2.43. The maximum absolute atomic E-state index is 12.7. The lowest BCUT2D eigenvalue weighted by Crippen LogP contribution is -2.47. The van der Waals surface area contributed by atoms with Gasteiger partial charge in [0.2, 0.25) is 0 Å². The number of aromatic nitrogens is 4. The van der Waals surface area contributed by atoms with Crippen LogP contribution in [0.5, 0.6) is 0 Å². The lowest BCUT2D eigenvalue weighted by atomic mass is 9.91. The summed E-state index contributed by atoms with van der Waals surface area (Å²) in [6.45, 7) is 1.15. The van der Waals surface area contributed by atoms with Gasteiger partial charge in [0, 0.05) is 18.6 Å². The third-order valence-electron chi connectivity index (χ3n) is 6.03. The lowest BCUT2D eigenvalue weighted by molar-refractivity contribution is 0.0546. The zero-order valence-electron chi connectivity index (χ0n) is 16.1. The molecule has 2 aromatic heterocycles. The molecular weight excluding hydrogens is 368 g/mol. The van der Waals surface area contributed by atoms with Gasteiger partial charge in [-0.25, -0.2) is 19.7 Å². The number of carbonyl (C=O) groups excluding carboxylic acids is 1. The molecule has 1 aromatic carbocycles. The number of carbonyl (C=O) groups is 1. The van der Waals surface area contributed by atoms with E-state index in [9.17, 15) is 4.79 Å². The minimum Gasteiger partial charge on any atom is -0.445 e. The molecule has 2 fully saturated rings. The summed E-state index contributed by atoms with van der Waals surface area (Å²) in [5.74, 6) is 1.28. The fraction of sp³-hybridized carbons (Fsp3) is 0.429. The molecule has 4 heterocycles. The van der Waals surface area contributed by atoms with Crippen LogP contribution in [0.2, 0.25) is 0 Å². The van der Waals surface area contributed by atoms with Crippen LogP contribution in [0.1, 0.15) is 31.2 Å². The SMILES string of the molecule is O=C(OCc1ccccc1)N1[C@@H]2CC[C@H]1CC(CNc1ncnc3nc[nH]c13)C2. The van der Waals surface area contributed by atoms with Crippen molar-refractivity contribution in [3.63, 3.8) is 0 Å². The summed E-state index contributed by atoms with van der Waals surface area (Å²) >= 11 is 0. The van der Waals surface area contributed by atoms with Gasteiger partial charge >= 0.3 is 6.09 Å². The van der Waals surface area contributed by atoms with Gasteiger partial charge in [-0.3, -0.25) is 0 Å². The van der Waals surface area contributed by atoms with Gasteiger partial charge in [-0.2, -0.15) is 0 Å². The van der Waals surface area contributed by atoms with Crippen molar-refractivity contribution in [1.82, 2.24) is 24.8 Å². The number of anilines is 1. The molecule has 5 rings (SSSR count). The van der Waals surface area contributed by atoms with Gasteiger partial charge in [0.05, 0.1) is 6.33 Å². The number of aromatic amines is 1. The van der Waals surface area contributed by atoms with Gasteiger partial charge in [0.1, 0.15) is 18.5 Å². The Morgan fingerprint density at radius 3 is 2.72 bits per heavy atom. The number of ether oxygens (including phenoxy) is 1. The molecule has 0 radical (unpaired) electrons. The van der Waals surface area contributed by atoms with E-state index < -0.39 is 0 Å². The van der Waals surface area contributed by atoms with E-state index in [1.165, 1.54) is 6.33 Å². The standard InChI is InChI=1S/C21H24N6O2/c28-21(29-11-14-4-2-1-3-5-14)27-16-6-7-17(27)9-15(8-16)10-22-19-18-20(24-12-23-18)26-13-25-19/h1-5,12-13,15-17H,6-11H2,(H2,22,23,24,25,26)/t15?,16-,17+. The number of benzene rings is 1. The van der Waals surface area contributed by atoms with E-state index in [0.717, 1.165) is 49.1 Å².